The lowest BCUT2D eigenvalue weighted by molar-refractivity contribution is -0.189. The van der Waals surface area contributed by atoms with Gasteiger partial charge in [0, 0.05) is 0 Å². The molecule has 0 spiro atoms. The van der Waals surface area contributed by atoms with Crippen molar-refractivity contribution in [1.29, 1.82) is 0 Å². The van der Waals surface area contributed by atoms with Crippen molar-refractivity contribution in [2.45, 2.75) is 136 Å². The molecule has 326 valence electrons. The van der Waals surface area contributed by atoms with Crippen molar-refractivity contribution in [3.8, 4) is 5.75 Å². The Morgan fingerprint density at radius 3 is 2.12 bits per heavy atom. The molecule has 6 atom stereocenters. The molecule has 0 bridgehead atoms. The number of hydrogen-bond donors (Lipinski definition) is 2. The van der Waals surface area contributed by atoms with E-state index in [1.165, 1.54) is 17.8 Å². The number of halogens is 3. The molecular weight excluding hydrogens is 798 g/mol. The first kappa shape index (κ1) is 45.8. The Bertz CT molecular complexity index is 2010. The van der Waals surface area contributed by atoms with E-state index in [4.69, 9.17) is 33.7 Å². The van der Waals surface area contributed by atoms with Crippen molar-refractivity contribution in [1.82, 2.24) is 19.7 Å². The van der Waals surface area contributed by atoms with Gasteiger partial charge in [-0.15, -0.1) is 0 Å². The van der Waals surface area contributed by atoms with Gasteiger partial charge >= 0.3 is 31.8 Å². The van der Waals surface area contributed by atoms with Crippen LogP contribution in [0.4, 0.5) is 19.0 Å². The molecule has 1 unspecified atom stereocenters. The van der Waals surface area contributed by atoms with Crippen LogP contribution in [0.25, 0.3) is 5.52 Å². The topological polar surface area (TPSA) is 192 Å². The van der Waals surface area contributed by atoms with Crippen molar-refractivity contribution >= 4 is 37.0 Å². The highest BCUT2D eigenvalue weighted by Crippen LogP contribution is 2.49. The number of fused-ring (bicyclic) bond motifs is 1. The lowest BCUT2D eigenvalue weighted by Gasteiger charge is -2.31. The fourth-order valence-electron chi connectivity index (χ4n) is 6.95. The van der Waals surface area contributed by atoms with Crippen molar-refractivity contribution in [2.24, 2.45) is 17.8 Å². The highest BCUT2D eigenvalue weighted by atomic mass is 31.2. The number of carbonyl (C=O) groups is 3. The monoisotopic (exact) mass is 853 g/mol. The van der Waals surface area contributed by atoms with Gasteiger partial charge in [0.15, 0.2) is 18.0 Å². The second kappa shape index (κ2) is 17.8. The highest BCUT2D eigenvalue weighted by Gasteiger charge is 2.59. The summed E-state index contributed by atoms with van der Waals surface area (Å²) < 4.78 is 92.3. The summed E-state index contributed by atoms with van der Waals surface area (Å²) >= 11 is 0. The number of ether oxygens (including phenoxy) is 4. The zero-order chi connectivity index (χ0) is 43.7. The van der Waals surface area contributed by atoms with Gasteiger partial charge in [-0.1, -0.05) is 60.6 Å². The van der Waals surface area contributed by atoms with E-state index >= 15 is 0 Å². The molecule has 19 heteroatoms. The molecule has 1 aliphatic heterocycles. The zero-order valence-electron chi connectivity index (χ0n) is 34.8. The van der Waals surface area contributed by atoms with Crippen LogP contribution in [0.3, 0.4) is 0 Å². The smallest absolute Gasteiger partial charge is 0.459 e. The Balaban J connectivity index is 1.47. The molecule has 2 aromatic heterocycles. The Morgan fingerprint density at radius 1 is 0.932 bits per heavy atom. The lowest BCUT2D eigenvalue weighted by Crippen LogP contribution is -2.46. The maximum Gasteiger partial charge on any atom is 0.459 e. The number of alkyl halides is 3. The van der Waals surface area contributed by atoms with Gasteiger partial charge in [-0.3, -0.25) is 18.9 Å². The number of nitrogens with two attached hydrogens (primary N) is 1. The van der Waals surface area contributed by atoms with Crippen molar-refractivity contribution in [3.63, 3.8) is 0 Å². The molecule has 2 fully saturated rings. The van der Waals surface area contributed by atoms with E-state index in [1.807, 2.05) is 20.8 Å². The molecule has 3 N–H and O–H groups in total. The number of aromatic nitrogens is 3. The Hall–Kier alpha value is -4.25. The largest absolute Gasteiger partial charge is 0.461 e. The molecule has 15 nitrogen and oxygen atoms in total. The van der Waals surface area contributed by atoms with Crippen molar-refractivity contribution in [3.05, 3.63) is 54.0 Å². The fraction of sp³-hybridized carbons (Fsp3) is 0.625. The zero-order valence-corrected chi connectivity index (χ0v) is 35.7. The predicted octanol–water partition coefficient (Wildman–Crippen LogP) is 7.20. The normalized spacial score (nSPS) is 25.4. The molecule has 1 saturated carbocycles. The van der Waals surface area contributed by atoms with Gasteiger partial charge in [0.1, 0.15) is 41.4 Å². The molecule has 2 aliphatic rings. The van der Waals surface area contributed by atoms with Crippen LogP contribution in [0.5, 0.6) is 5.75 Å². The number of nitrogens with zero attached hydrogens (tertiary/aromatic N) is 3. The summed E-state index contributed by atoms with van der Waals surface area (Å²) in [5.74, 6) is -4.57. The van der Waals surface area contributed by atoms with E-state index < -0.39 is 92.3 Å². The van der Waals surface area contributed by atoms with Gasteiger partial charge < -0.3 is 29.2 Å². The third-order valence-corrected chi connectivity index (χ3v) is 12.2. The lowest BCUT2D eigenvalue weighted by atomic mass is 9.87. The maximum absolute atomic E-state index is 14.8. The summed E-state index contributed by atoms with van der Waals surface area (Å²) in [5.41, 5.74) is 6.05. The second-order valence-electron chi connectivity index (χ2n) is 17.0. The maximum atomic E-state index is 14.8. The third kappa shape index (κ3) is 10.7. The molecule has 3 heterocycles. The minimum absolute atomic E-state index is 0.0137. The second-order valence-corrected chi connectivity index (χ2v) is 18.6. The van der Waals surface area contributed by atoms with Crippen LogP contribution in [0, 0.1) is 17.8 Å². The molecule has 1 aromatic carbocycles. The SMILES string of the molecule is CC(C)C(=O)O[C@H]1[C@@H](OC(=O)C(C)C)[C@](C)(c2ccc3c(N)ncnn23)O[C@@H]1COP(=O)(N[C@@H](C)C(=O)OC1CCC(C(F)(F)F)CC1)Oc1ccc(C(C)(C)C)cc1. The van der Waals surface area contributed by atoms with Crippen LogP contribution in [-0.4, -0.2) is 75.7 Å². The summed E-state index contributed by atoms with van der Waals surface area (Å²) in [6.07, 6.45) is -8.12. The summed E-state index contributed by atoms with van der Waals surface area (Å²) in [6.45, 7) is 14.9. The molecule has 0 radical (unpaired) electrons. The van der Waals surface area contributed by atoms with E-state index in [1.54, 1.807) is 71.0 Å². The summed E-state index contributed by atoms with van der Waals surface area (Å²) in [7, 11) is -4.61. The molecule has 59 heavy (non-hydrogen) atoms. The van der Waals surface area contributed by atoms with Gasteiger partial charge in [0.25, 0.3) is 0 Å². The van der Waals surface area contributed by atoms with E-state index in [0.717, 1.165) is 5.56 Å². The molecule has 1 saturated heterocycles. The summed E-state index contributed by atoms with van der Waals surface area (Å²) in [5, 5.41) is 6.95. The van der Waals surface area contributed by atoms with Gasteiger partial charge in [0.05, 0.1) is 30.1 Å². The predicted molar refractivity (Wildman–Crippen MR) is 209 cm³/mol. The van der Waals surface area contributed by atoms with Crippen molar-refractivity contribution < 1.29 is 60.1 Å². The molecule has 3 aromatic rings. The number of carbonyl (C=O) groups excluding carboxylic acids is 3. The average Bonchev–Trinajstić information content (AvgIpc) is 3.70. The standard InChI is InChI=1S/C40H55F3N5O10P/c1-22(2)35(49)55-32-30(57-39(9,33(32)56-36(50)23(3)4)31-19-18-29-34(44)45-21-46-48(29)31)20-53-59(52,58-28-16-10-25(11-17-28)38(6,7)8)47-24(5)37(51)54-27-14-12-26(13-15-27)40(41,42)43/h10-11,16-19,21-24,26-27,30,32-33H,12-15,20H2,1-9H3,(H,47,52)(H2,44,45,46)/t24-,26?,27?,30+,32+,33+,39-,59?/m0/s1. The number of benzene rings is 1. The molecule has 1 aliphatic carbocycles. The van der Waals surface area contributed by atoms with Crippen molar-refractivity contribution in [2.75, 3.05) is 12.3 Å². The quantitative estimate of drug-likeness (QED) is 0.0940. The minimum Gasteiger partial charge on any atom is -0.461 e. The average molecular weight is 854 g/mol. The molecule has 5 rings (SSSR count). The molecular formula is C40H55F3N5O10P. The van der Waals surface area contributed by atoms with Crippen LogP contribution in [0.2, 0.25) is 0 Å². The van der Waals surface area contributed by atoms with Gasteiger partial charge in [0.2, 0.25) is 0 Å². The Labute approximate surface area is 341 Å². The van der Waals surface area contributed by atoms with E-state index in [2.05, 4.69) is 15.2 Å². The number of esters is 3. The van der Waals surface area contributed by atoms with Crippen LogP contribution >= 0.6 is 7.75 Å². The van der Waals surface area contributed by atoms with Crippen LogP contribution in [0.15, 0.2) is 42.7 Å². The first-order valence-electron chi connectivity index (χ1n) is 19.7. The van der Waals surface area contributed by atoms with Crippen LogP contribution in [-0.2, 0) is 53.4 Å². The van der Waals surface area contributed by atoms with Crippen LogP contribution in [0.1, 0.15) is 99.3 Å². The number of hydrogen-bond acceptors (Lipinski definition) is 13. The van der Waals surface area contributed by atoms with Gasteiger partial charge in [-0.25, -0.2) is 14.1 Å². The van der Waals surface area contributed by atoms with Crippen LogP contribution < -0.4 is 15.3 Å². The summed E-state index contributed by atoms with van der Waals surface area (Å²) in [6, 6.07) is 8.71. The number of nitrogens with one attached hydrogen (secondary N) is 1. The third-order valence-electron chi connectivity index (χ3n) is 10.5. The van der Waals surface area contributed by atoms with E-state index in [0.29, 0.717) is 11.2 Å². The molecule has 0 amide bonds. The minimum atomic E-state index is -4.61. The number of rotatable bonds is 14. The van der Waals surface area contributed by atoms with Gasteiger partial charge in [-0.2, -0.15) is 23.4 Å². The first-order chi connectivity index (χ1) is 27.4. The summed E-state index contributed by atoms with van der Waals surface area (Å²) in [4.78, 5) is 43.9. The Kier molecular flexibility index (Phi) is 13.8. The van der Waals surface area contributed by atoms with Gasteiger partial charge in [-0.05, 0) is 74.8 Å². The highest BCUT2D eigenvalue weighted by molar-refractivity contribution is 7.52. The number of nitrogen functional groups attached to an aromatic ring is 1. The fourth-order valence-corrected chi connectivity index (χ4v) is 8.45. The Morgan fingerprint density at radius 2 is 1.54 bits per heavy atom. The first-order valence-corrected chi connectivity index (χ1v) is 21.2. The number of anilines is 1. The van der Waals surface area contributed by atoms with E-state index in [-0.39, 0.29) is 42.7 Å². The van der Waals surface area contributed by atoms with E-state index in [9.17, 15) is 32.1 Å².